The Morgan fingerprint density at radius 2 is 1.69 bits per heavy atom. The van der Waals surface area contributed by atoms with Gasteiger partial charge >= 0.3 is 5.69 Å². The normalized spacial score (nSPS) is 24.0. The Hall–Kier alpha value is -2.87. The van der Waals surface area contributed by atoms with Gasteiger partial charge in [-0.1, -0.05) is 12.1 Å². The summed E-state index contributed by atoms with van der Waals surface area (Å²) >= 11 is 0. The Morgan fingerprint density at radius 1 is 1.00 bits per heavy atom. The quantitative estimate of drug-likeness (QED) is 0.751. The lowest BCUT2D eigenvalue weighted by Gasteiger charge is -2.27. The first kappa shape index (κ1) is 19.4. The first-order valence-corrected chi connectivity index (χ1v) is 9.72. The van der Waals surface area contributed by atoms with Crippen LogP contribution in [0.15, 0.2) is 39.9 Å². The van der Waals surface area contributed by atoms with Crippen LogP contribution in [0.25, 0.3) is 0 Å². The molecule has 2 aliphatic heterocycles. The number of carbonyl (C=O) groups excluding carboxylic acids is 1. The lowest BCUT2D eigenvalue weighted by Crippen LogP contribution is -2.42. The number of nitrogens with zero attached hydrogens (tertiary/aromatic N) is 4. The highest BCUT2D eigenvalue weighted by Crippen LogP contribution is 2.44. The lowest BCUT2D eigenvalue weighted by molar-refractivity contribution is 0.0756. The maximum atomic E-state index is 13.1. The summed E-state index contributed by atoms with van der Waals surface area (Å²) in [5.41, 5.74) is 0.395. The number of methoxy groups -OCH3 is 1. The first-order chi connectivity index (χ1) is 13.8. The van der Waals surface area contributed by atoms with Crippen molar-refractivity contribution in [3.8, 4) is 5.75 Å². The van der Waals surface area contributed by atoms with Crippen molar-refractivity contribution in [1.29, 1.82) is 0 Å². The van der Waals surface area contributed by atoms with Crippen molar-refractivity contribution in [3.63, 3.8) is 0 Å². The van der Waals surface area contributed by atoms with E-state index < -0.39 is 11.2 Å². The highest BCUT2D eigenvalue weighted by Gasteiger charge is 2.47. The van der Waals surface area contributed by atoms with Crippen LogP contribution in [0.5, 0.6) is 5.75 Å². The SMILES string of the molecule is COc1ccc([C@H]2[C@@H]3CN(C(=O)c4cc(=O)n(C)c(=O)n4C)C[C@@H]3CN2C)cc1. The van der Waals surface area contributed by atoms with Crippen molar-refractivity contribution in [3.05, 3.63) is 62.4 Å². The number of amides is 1. The number of benzene rings is 1. The van der Waals surface area contributed by atoms with E-state index in [0.29, 0.717) is 24.9 Å². The number of hydrogen-bond donors (Lipinski definition) is 0. The number of carbonyl (C=O) groups is 1. The molecule has 0 bridgehead atoms. The van der Waals surface area contributed by atoms with Gasteiger partial charge in [-0.25, -0.2) is 4.79 Å². The fourth-order valence-electron chi connectivity index (χ4n) is 4.83. The van der Waals surface area contributed by atoms with Gasteiger partial charge in [-0.2, -0.15) is 0 Å². The molecule has 154 valence electrons. The maximum absolute atomic E-state index is 13.1. The predicted molar refractivity (Wildman–Crippen MR) is 108 cm³/mol. The molecule has 2 saturated heterocycles. The Kier molecular flexibility index (Phi) is 4.82. The zero-order valence-corrected chi connectivity index (χ0v) is 17.2. The molecule has 4 rings (SSSR count). The summed E-state index contributed by atoms with van der Waals surface area (Å²) in [4.78, 5) is 41.5. The molecule has 1 aromatic carbocycles. The molecule has 0 unspecified atom stereocenters. The summed E-state index contributed by atoms with van der Waals surface area (Å²) < 4.78 is 7.52. The highest BCUT2D eigenvalue weighted by molar-refractivity contribution is 5.92. The second kappa shape index (κ2) is 7.18. The van der Waals surface area contributed by atoms with Crippen LogP contribution in [-0.2, 0) is 14.1 Å². The molecule has 2 aliphatic rings. The molecule has 1 amide bonds. The zero-order chi connectivity index (χ0) is 20.9. The fraction of sp³-hybridized carbons (Fsp3) is 0.476. The summed E-state index contributed by atoms with van der Waals surface area (Å²) in [6.45, 7) is 2.14. The molecule has 8 heteroatoms. The van der Waals surface area contributed by atoms with Crippen LogP contribution in [-0.4, -0.2) is 58.6 Å². The van der Waals surface area contributed by atoms with Gasteiger partial charge in [-0.05, 0) is 30.7 Å². The summed E-state index contributed by atoms with van der Waals surface area (Å²) in [6.07, 6.45) is 0. The number of ether oxygens (including phenoxy) is 1. The van der Waals surface area contributed by atoms with E-state index in [-0.39, 0.29) is 17.6 Å². The van der Waals surface area contributed by atoms with E-state index in [9.17, 15) is 14.4 Å². The maximum Gasteiger partial charge on any atom is 0.331 e. The zero-order valence-electron chi connectivity index (χ0n) is 17.2. The van der Waals surface area contributed by atoms with Crippen molar-refractivity contribution < 1.29 is 9.53 Å². The van der Waals surface area contributed by atoms with Gasteiger partial charge in [0.1, 0.15) is 11.4 Å². The average molecular weight is 398 g/mol. The fourth-order valence-corrected chi connectivity index (χ4v) is 4.83. The van der Waals surface area contributed by atoms with E-state index in [4.69, 9.17) is 4.74 Å². The van der Waals surface area contributed by atoms with Gasteiger partial charge in [-0.3, -0.25) is 23.6 Å². The van der Waals surface area contributed by atoms with Gasteiger partial charge in [0, 0.05) is 51.8 Å². The van der Waals surface area contributed by atoms with Crippen molar-refractivity contribution in [2.24, 2.45) is 25.9 Å². The molecule has 0 N–H and O–H groups in total. The van der Waals surface area contributed by atoms with Crippen LogP contribution >= 0.6 is 0 Å². The van der Waals surface area contributed by atoms with Gasteiger partial charge in [0.2, 0.25) is 0 Å². The van der Waals surface area contributed by atoms with E-state index >= 15 is 0 Å². The molecule has 0 spiro atoms. The Labute approximate surface area is 168 Å². The van der Waals surface area contributed by atoms with E-state index in [1.165, 1.54) is 30.3 Å². The minimum Gasteiger partial charge on any atom is -0.497 e. The second-order valence-electron chi connectivity index (χ2n) is 8.06. The van der Waals surface area contributed by atoms with Gasteiger partial charge < -0.3 is 9.64 Å². The number of fused-ring (bicyclic) bond motifs is 1. The van der Waals surface area contributed by atoms with Crippen LogP contribution in [0.3, 0.4) is 0 Å². The molecule has 1 aromatic heterocycles. The van der Waals surface area contributed by atoms with Crippen molar-refractivity contribution >= 4 is 5.91 Å². The number of aromatic nitrogens is 2. The number of likely N-dealkylation sites (tertiary alicyclic amines) is 2. The van der Waals surface area contributed by atoms with Crippen molar-refractivity contribution in [1.82, 2.24) is 18.9 Å². The molecule has 0 saturated carbocycles. The van der Waals surface area contributed by atoms with Crippen LogP contribution < -0.4 is 16.0 Å². The topological polar surface area (TPSA) is 76.8 Å². The molecule has 2 fully saturated rings. The largest absolute Gasteiger partial charge is 0.497 e. The van der Waals surface area contributed by atoms with Crippen LogP contribution in [0, 0.1) is 11.8 Å². The summed E-state index contributed by atoms with van der Waals surface area (Å²) in [7, 11) is 6.70. The smallest absolute Gasteiger partial charge is 0.331 e. The first-order valence-electron chi connectivity index (χ1n) is 9.72. The monoisotopic (exact) mass is 398 g/mol. The Bertz CT molecular complexity index is 1060. The molecule has 29 heavy (non-hydrogen) atoms. The van der Waals surface area contributed by atoms with Crippen LogP contribution in [0.1, 0.15) is 22.1 Å². The molecule has 0 aliphatic carbocycles. The van der Waals surface area contributed by atoms with Gasteiger partial charge in [0.25, 0.3) is 11.5 Å². The minimum atomic E-state index is -0.490. The van der Waals surface area contributed by atoms with Crippen molar-refractivity contribution in [2.45, 2.75) is 6.04 Å². The molecule has 3 heterocycles. The third-order valence-electron chi connectivity index (χ3n) is 6.38. The minimum absolute atomic E-state index is 0.146. The third-order valence-corrected chi connectivity index (χ3v) is 6.38. The third kappa shape index (κ3) is 3.17. The standard InChI is InChI=1S/C21H26N4O4/c1-22-10-14-11-25(20(27)17-9-18(26)24(3)21(28)23(17)2)12-16(14)19(22)13-5-7-15(29-4)8-6-13/h5-9,14,16,19H,10-12H2,1-4H3/t14-,16+,19-/m0/s1. The molecule has 3 atom stereocenters. The average Bonchev–Trinajstić information content (AvgIpc) is 3.25. The second-order valence-corrected chi connectivity index (χ2v) is 8.06. The van der Waals surface area contributed by atoms with E-state index in [2.05, 4.69) is 24.1 Å². The summed E-state index contributed by atoms with van der Waals surface area (Å²) in [5, 5.41) is 0. The van der Waals surface area contributed by atoms with E-state index in [1.807, 2.05) is 12.1 Å². The van der Waals surface area contributed by atoms with Crippen LogP contribution in [0.4, 0.5) is 0 Å². The summed E-state index contributed by atoms with van der Waals surface area (Å²) in [5.74, 6) is 1.23. The Morgan fingerprint density at radius 3 is 2.34 bits per heavy atom. The van der Waals surface area contributed by atoms with Crippen molar-refractivity contribution in [2.75, 3.05) is 33.8 Å². The number of rotatable bonds is 3. The molecule has 0 radical (unpaired) electrons. The predicted octanol–water partition coefficient (Wildman–Crippen LogP) is 0.468. The highest BCUT2D eigenvalue weighted by atomic mass is 16.5. The van der Waals surface area contributed by atoms with E-state index in [0.717, 1.165) is 16.9 Å². The van der Waals surface area contributed by atoms with Crippen LogP contribution in [0.2, 0.25) is 0 Å². The number of hydrogen-bond acceptors (Lipinski definition) is 5. The summed E-state index contributed by atoms with van der Waals surface area (Å²) in [6, 6.07) is 9.56. The molecule has 2 aromatic rings. The van der Waals surface area contributed by atoms with Gasteiger partial charge in [0.05, 0.1) is 7.11 Å². The molecule has 8 nitrogen and oxygen atoms in total. The van der Waals surface area contributed by atoms with Gasteiger partial charge in [-0.15, -0.1) is 0 Å². The molecular formula is C21H26N4O4. The van der Waals surface area contributed by atoms with E-state index in [1.54, 1.807) is 12.0 Å². The van der Waals surface area contributed by atoms with Gasteiger partial charge in [0.15, 0.2) is 0 Å². The lowest BCUT2D eigenvalue weighted by atomic mass is 9.89. The Balaban J connectivity index is 1.59. The molecular weight excluding hydrogens is 372 g/mol.